The van der Waals surface area contributed by atoms with Crippen LogP contribution in [0.5, 0.6) is 0 Å². The molecule has 9 heteroatoms. The van der Waals surface area contributed by atoms with Crippen molar-refractivity contribution in [2.75, 3.05) is 6.61 Å². The van der Waals surface area contributed by atoms with Crippen LogP contribution in [0.15, 0.2) is 33.6 Å². The van der Waals surface area contributed by atoms with Gasteiger partial charge in [0.15, 0.2) is 0 Å². The van der Waals surface area contributed by atoms with Crippen molar-refractivity contribution >= 4 is 32.1 Å². The molecule has 0 atom stereocenters. The number of nitrogens with one attached hydrogen (secondary N) is 1. The number of carbonyl (C=O) groups is 1. The standard InChI is InChI=1S/C13H19BrN2O5S/c1-5-20-12(17)21-16(13(2,3)4)15-22(18,19)11-9-7-6-8-10(11)14/h6-9,15H,5H2,1-4H3. The molecule has 0 radical (unpaired) electrons. The van der Waals surface area contributed by atoms with E-state index in [0.29, 0.717) is 4.47 Å². The number of hydrogen-bond acceptors (Lipinski definition) is 6. The lowest BCUT2D eigenvalue weighted by molar-refractivity contribution is -0.194. The maximum absolute atomic E-state index is 12.4. The van der Waals surface area contributed by atoms with Gasteiger partial charge in [0, 0.05) is 4.47 Å². The minimum Gasteiger partial charge on any atom is -0.433 e. The van der Waals surface area contributed by atoms with Crippen molar-refractivity contribution < 1.29 is 22.8 Å². The zero-order chi connectivity index (χ0) is 17.0. The van der Waals surface area contributed by atoms with E-state index in [1.54, 1.807) is 45.9 Å². The summed E-state index contributed by atoms with van der Waals surface area (Å²) in [6.45, 7) is 6.76. The molecule has 7 nitrogen and oxygen atoms in total. The quantitative estimate of drug-likeness (QED) is 0.610. The number of nitrogens with zero attached hydrogens (tertiary/aromatic N) is 1. The molecule has 124 valence electrons. The predicted octanol–water partition coefficient (Wildman–Crippen LogP) is 2.83. The van der Waals surface area contributed by atoms with Gasteiger partial charge >= 0.3 is 6.16 Å². The molecule has 22 heavy (non-hydrogen) atoms. The molecule has 0 aliphatic heterocycles. The van der Waals surface area contributed by atoms with Gasteiger partial charge in [0.1, 0.15) is 0 Å². The molecule has 0 unspecified atom stereocenters. The van der Waals surface area contributed by atoms with E-state index < -0.39 is 21.7 Å². The molecule has 0 spiro atoms. The molecule has 0 heterocycles. The SMILES string of the molecule is CCOC(=O)ON(NS(=O)(=O)c1ccccc1Br)C(C)(C)C. The minimum atomic E-state index is -3.94. The Hall–Kier alpha value is -1.16. The van der Waals surface area contributed by atoms with E-state index in [2.05, 4.69) is 25.5 Å². The van der Waals surface area contributed by atoms with Crippen LogP contribution in [-0.4, -0.2) is 31.9 Å². The highest BCUT2D eigenvalue weighted by Crippen LogP contribution is 2.22. The number of hydrazine groups is 1. The van der Waals surface area contributed by atoms with Gasteiger partial charge in [0.2, 0.25) is 0 Å². The van der Waals surface area contributed by atoms with Gasteiger partial charge in [-0.25, -0.2) is 13.2 Å². The Morgan fingerprint density at radius 1 is 1.32 bits per heavy atom. The van der Waals surface area contributed by atoms with Crippen molar-refractivity contribution in [3.63, 3.8) is 0 Å². The van der Waals surface area contributed by atoms with Crippen molar-refractivity contribution in [1.82, 2.24) is 10.0 Å². The van der Waals surface area contributed by atoms with Crippen LogP contribution < -0.4 is 4.83 Å². The number of carbonyl (C=O) groups excluding carboxylic acids is 1. The number of hydrogen-bond donors (Lipinski definition) is 1. The highest BCUT2D eigenvalue weighted by atomic mass is 79.9. The van der Waals surface area contributed by atoms with E-state index in [-0.39, 0.29) is 11.5 Å². The summed E-state index contributed by atoms with van der Waals surface area (Å²) in [5.41, 5.74) is -0.818. The molecule has 1 aromatic carbocycles. The maximum Gasteiger partial charge on any atom is 0.529 e. The van der Waals surface area contributed by atoms with Crippen molar-refractivity contribution in [3.8, 4) is 0 Å². The second-order valence-corrected chi connectivity index (χ2v) is 7.75. The lowest BCUT2D eigenvalue weighted by Gasteiger charge is -2.32. The summed E-state index contributed by atoms with van der Waals surface area (Å²) in [4.78, 5) is 18.6. The van der Waals surface area contributed by atoms with Crippen LogP contribution in [0, 0.1) is 0 Å². The third-order valence-corrected chi connectivity index (χ3v) is 4.66. The third kappa shape index (κ3) is 5.24. The van der Waals surface area contributed by atoms with E-state index in [4.69, 9.17) is 4.84 Å². The van der Waals surface area contributed by atoms with E-state index in [0.717, 1.165) is 5.17 Å². The van der Waals surface area contributed by atoms with Gasteiger partial charge < -0.3 is 9.57 Å². The molecule has 0 aliphatic rings. The first-order valence-corrected chi connectivity index (χ1v) is 8.77. The number of ether oxygens (including phenoxy) is 1. The average Bonchev–Trinajstić information content (AvgIpc) is 2.37. The maximum atomic E-state index is 12.4. The summed E-state index contributed by atoms with van der Waals surface area (Å²) >= 11 is 3.18. The van der Waals surface area contributed by atoms with E-state index in [1.807, 2.05) is 0 Å². The van der Waals surface area contributed by atoms with Gasteiger partial charge in [0.25, 0.3) is 10.0 Å². The summed E-state index contributed by atoms with van der Waals surface area (Å²) < 4.78 is 29.9. The Bertz CT molecular complexity index is 628. The fourth-order valence-corrected chi connectivity index (χ4v) is 3.47. The topological polar surface area (TPSA) is 84.9 Å². The summed E-state index contributed by atoms with van der Waals surface area (Å²) in [7, 11) is -3.94. The smallest absolute Gasteiger partial charge is 0.433 e. The number of halogens is 1. The van der Waals surface area contributed by atoms with Crippen LogP contribution in [0.1, 0.15) is 27.7 Å². The summed E-state index contributed by atoms with van der Waals surface area (Å²) in [5.74, 6) is 0. The fraction of sp³-hybridized carbons (Fsp3) is 0.462. The normalized spacial score (nSPS) is 12.3. The molecule has 0 aliphatic carbocycles. The first-order valence-electron chi connectivity index (χ1n) is 6.50. The number of benzene rings is 1. The van der Waals surface area contributed by atoms with Crippen molar-refractivity contribution in [1.29, 1.82) is 0 Å². The van der Waals surface area contributed by atoms with Gasteiger partial charge in [-0.05, 0) is 55.8 Å². The first kappa shape index (κ1) is 18.9. The van der Waals surface area contributed by atoms with E-state index in [1.165, 1.54) is 6.07 Å². The summed E-state index contributed by atoms with van der Waals surface area (Å²) in [5, 5.41) is 0.847. The average molecular weight is 395 g/mol. The van der Waals surface area contributed by atoms with Crippen LogP contribution in [0.3, 0.4) is 0 Å². The molecule has 0 aromatic heterocycles. The van der Waals surface area contributed by atoms with Crippen LogP contribution in [0.4, 0.5) is 4.79 Å². The van der Waals surface area contributed by atoms with Gasteiger partial charge in [-0.3, -0.25) is 0 Å². The highest BCUT2D eigenvalue weighted by Gasteiger charge is 2.32. The van der Waals surface area contributed by atoms with Crippen LogP contribution in [0.25, 0.3) is 0 Å². The van der Waals surface area contributed by atoms with E-state index >= 15 is 0 Å². The lowest BCUT2D eigenvalue weighted by atomic mass is 10.1. The number of hydroxylamine groups is 1. The summed E-state index contributed by atoms with van der Waals surface area (Å²) in [6, 6.07) is 6.31. The number of sulfonamides is 1. The Morgan fingerprint density at radius 2 is 1.91 bits per heavy atom. The van der Waals surface area contributed by atoms with Crippen molar-refractivity contribution in [3.05, 3.63) is 28.7 Å². The molecule has 0 amide bonds. The molecule has 1 rings (SSSR count). The zero-order valence-electron chi connectivity index (χ0n) is 12.8. The Kier molecular flexibility index (Phi) is 6.36. The van der Waals surface area contributed by atoms with Crippen LogP contribution in [-0.2, 0) is 19.6 Å². The second kappa shape index (κ2) is 7.40. The molecule has 0 saturated heterocycles. The third-order valence-electron chi connectivity index (χ3n) is 2.37. The summed E-state index contributed by atoms with van der Waals surface area (Å²) in [6.07, 6.45) is -0.993. The number of rotatable bonds is 5. The molecular formula is C13H19BrN2O5S. The molecule has 0 saturated carbocycles. The van der Waals surface area contributed by atoms with E-state index in [9.17, 15) is 13.2 Å². The van der Waals surface area contributed by atoms with Crippen molar-refractivity contribution in [2.45, 2.75) is 38.1 Å². The van der Waals surface area contributed by atoms with Gasteiger partial charge in [-0.2, -0.15) is 0 Å². The molecule has 0 bridgehead atoms. The van der Waals surface area contributed by atoms with Crippen LogP contribution in [0.2, 0.25) is 0 Å². The van der Waals surface area contributed by atoms with Gasteiger partial charge in [-0.15, -0.1) is 4.83 Å². The molecular weight excluding hydrogens is 376 g/mol. The minimum absolute atomic E-state index is 0.0247. The van der Waals surface area contributed by atoms with Crippen LogP contribution >= 0.6 is 15.9 Å². The molecule has 1 aromatic rings. The Morgan fingerprint density at radius 3 is 2.41 bits per heavy atom. The molecule has 0 fully saturated rings. The zero-order valence-corrected chi connectivity index (χ0v) is 15.2. The molecule has 1 N–H and O–H groups in total. The predicted molar refractivity (Wildman–Crippen MR) is 84.2 cm³/mol. The Balaban J connectivity index is 3.04. The Labute approximate surface area is 138 Å². The van der Waals surface area contributed by atoms with Gasteiger partial charge in [-0.1, -0.05) is 17.3 Å². The fourth-order valence-electron chi connectivity index (χ4n) is 1.33. The van der Waals surface area contributed by atoms with Gasteiger partial charge in [0.05, 0.1) is 17.0 Å². The largest absolute Gasteiger partial charge is 0.529 e. The van der Waals surface area contributed by atoms with Crippen molar-refractivity contribution in [2.24, 2.45) is 0 Å². The monoisotopic (exact) mass is 394 g/mol. The second-order valence-electron chi connectivity index (χ2n) is 5.26. The first-order chi connectivity index (χ1) is 10.1. The lowest BCUT2D eigenvalue weighted by Crippen LogP contribution is -2.53. The highest BCUT2D eigenvalue weighted by molar-refractivity contribution is 9.10.